The van der Waals surface area contributed by atoms with Gasteiger partial charge >= 0.3 is 0 Å². The fourth-order valence-corrected chi connectivity index (χ4v) is 3.36. The highest BCUT2D eigenvalue weighted by Gasteiger charge is 2.18. The van der Waals surface area contributed by atoms with Crippen LogP contribution in [0.3, 0.4) is 0 Å². The Hall–Kier alpha value is -1.53. The van der Waals surface area contributed by atoms with Crippen molar-refractivity contribution in [3.05, 3.63) is 40.5 Å². The van der Waals surface area contributed by atoms with Crippen molar-refractivity contribution in [2.75, 3.05) is 4.72 Å². The molecule has 0 spiro atoms. The molecule has 0 saturated heterocycles. The number of aromatic amines is 1. The summed E-state index contributed by atoms with van der Waals surface area (Å²) in [5.74, 6) is 0.294. The van der Waals surface area contributed by atoms with Crippen LogP contribution >= 0.6 is 11.6 Å². The smallest absolute Gasteiger partial charge is 0.263 e. The molecule has 0 amide bonds. The summed E-state index contributed by atoms with van der Waals surface area (Å²) in [6, 6.07) is 6.35. The summed E-state index contributed by atoms with van der Waals surface area (Å²) in [4.78, 5) is 0.196. The van der Waals surface area contributed by atoms with E-state index >= 15 is 0 Å². The highest BCUT2D eigenvalue weighted by Crippen LogP contribution is 2.22. The van der Waals surface area contributed by atoms with Crippen LogP contribution in [0.4, 0.5) is 5.82 Å². The average Bonchev–Trinajstić information content (AvgIpc) is 2.75. The number of sulfonamides is 1. The molecule has 0 aliphatic rings. The minimum atomic E-state index is -3.65. The lowest BCUT2D eigenvalue weighted by Gasteiger charge is -2.08. The van der Waals surface area contributed by atoms with Crippen molar-refractivity contribution in [1.82, 2.24) is 10.2 Å². The van der Waals surface area contributed by atoms with E-state index in [-0.39, 0.29) is 4.90 Å². The lowest BCUT2D eigenvalue weighted by molar-refractivity contribution is 0.600. The fraction of sp³-hybridized carbons (Fsp3) is 0.308. The van der Waals surface area contributed by atoms with E-state index in [2.05, 4.69) is 14.9 Å². The van der Waals surface area contributed by atoms with Gasteiger partial charge in [0.05, 0.1) is 4.90 Å². The van der Waals surface area contributed by atoms with Gasteiger partial charge in [-0.25, -0.2) is 8.42 Å². The molecule has 0 radical (unpaired) electrons. The van der Waals surface area contributed by atoms with E-state index in [1.807, 2.05) is 6.92 Å². The van der Waals surface area contributed by atoms with E-state index in [0.717, 1.165) is 18.5 Å². The van der Waals surface area contributed by atoms with E-state index in [1.54, 1.807) is 25.1 Å². The summed E-state index contributed by atoms with van der Waals surface area (Å²) < 4.78 is 27.0. The molecule has 0 bridgehead atoms. The molecule has 2 aromatic rings. The van der Waals surface area contributed by atoms with E-state index < -0.39 is 10.0 Å². The predicted molar refractivity (Wildman–Crippen MR) is 79.6 cm³/mol. The predicted octanol–water partition coefficient (Wildman–Crippen LogP) is 3.12. The molecule has 0 aliphatic carbocycles. The summed E-state index contributed by atoms with van der Waals surface area (Å²) >= 11 is 5.83. The van der Waals surface area contributed by atoms with Gasteiger partial charge in [-0.05, 0) is 37.1 Å². The molecule has 0 unspecified atom stereocenters. The number of halogens is 1. The Morgan fingerprint density at radius 2 is 2.10 bits per heavy atom. The van der Waals surface area contributed by atoms with Gasteiger partial charge in [0.15, 0.2) is 5.82 Å². The van der Waals surface area contributed by atoms with Crippen molar-refractivity contribution < 1.29 is 8.42 Å². The number of H-pyrrole nitrogens is 1. The molecule has 108 valence electrons. The van der Waals surface area contributed by atoms with E-state index in [9.17, 15) is 8.42 Å². The lowest BCUT2D eigenvalue weighted by atomic mass is 10.2. The van der Waals surface area contributed by atoms with Crippen LogP contribution in [0.15, 0.2) is 29.2 Å². The first-order valence-corrected chi connectivity index (χ1v) is 8.11. The number of nitrogens with zero attached hydrogens (tertiary/aromatic N) is 1. The zero-order valence-electron chi connectivity index (χ0n) is 11.3. The van der Waals surface area contributed by atoms with Crippen LogP contribution in [0.25, 0.3) is 0 Å². The molecule has 5 nitrogen and oxygen atoms in total. The Morgan fingerprint density at radius 1 is 1.35 bits per heavy atom. The van der Waals surface area contributed by atoms with Crippen molar-refractivity contribution in [2.45, 2.75) is 31.6 Å². The van der Waals surface area contributed by atoms with Crippen LogP contribution in [0.2, 0.25) is 5.02 Å². The molecular formula is C13H16ClN3O2S. The minimum absolute atomic E-state index is 0.196. The van der Waals surface area contributed by atoms with Crippen molar-refractivity contribution in [3.63, 3.8) is 0 Å². The standard InChI is InChI=1S/C13H16ClN3O2S/c1-3-4-11-8-13(16-15-11)17-20(18,19)12-6-5-10(14)7-9(12)2/h5-8H,3-4H2,1-2H3,(H2,15,16,17). The summed E-state index contributed by atoms with van der Waals surface area (Å²) in [5.41, 5.74) is 1.49. The largest absolute Gasteiger partial charge is 0.280 e. The SMILES string of the molecule is CCCc1cc(NS(=O)(=O)c2ccc(Cl)cc2C)n[nH]1. The lowest BCUT2D eigenvalue weighted by Crippen LogP contribution is -2.14. The highest BCUT2D eigenvalue weighted by atomic mass is 35.5. The molecule has 0 saturated carbocycles. The normalized spacial score (nSPS) is 11.6. The van der Waals surface area contributed by atoms with Gasteiger partial charge in [-0.2, -0.15) is 5.10 Å². The summed E-state index contributed by atoms with van der Waals surface area (Å²) in [6.45, 7) is 3.75. The van der Waals surface area contributed by atoms with Crippen LogP contribution in [-0.2, 0) is 16.4 Å². The van der Waals surface area contributed by atoms with Crippen LogP contribution in [0, 0.1) is 6.92 Å². The first-order valence-electron chi connectivity index (χ1n) is 6.25. The third-order valence-corrected chi connectivity index (χ3v) is 4.57. The molecule has 20 heavy (non-hydrogen) atoms. The molecule has 2 rings (SSSR count). The summed E-state index contributed by atoms with van der Waals surface area (Å²) in [5, 5.41) is 7.26. The van der Waals surface area contributed by atoms with Gasteiger partial charge in [0, 0.05) is 16.8 Å². The van der Waals surface area contributed by atoms with Gasteiger partial charge in [-0.15, -0.1) is 0 Å². The van der Waals surface area contributed by atoms with Gasteiger partial charge in [-0.3, -0.25) is 9.82 Å². The maximum Gasteiger partial charge on any atom is 0.263 e. The van der Waals surface area contributed by atoms with Crippen molar-refractivity contribution in [1.29, 1.82) is 0 Å². The number of aromatic nitrogens is 2. The second-order valence-electron chi connectivity index (χ2n) is 4.54. The van der Waals surface area contributed by atoms with Gasteiger partial charge in [0.25, 0.3) is 10.0 Å². The molecule has 1 aromatic carbocycles. The van der Waals surface area contributed by atoms with E-state index in [4.69, 9.17) is 11.6 Å². The maximum absolute atomic E-state index is 12.3. The number of rotatable bonds is 5. The second kappa shape index (κ2) is 5.85. The van der Waals surface area contributed by atoms with Crippen LogP contribution in [0.1, 0.15) is 24.6 Å². The van der Waals surface area contributed by atoms with Crippen LogP contribution in [-0.4, -0.2) is 18.6 Å². The van der Waals surface area contributed by atoms with E-state index in [0.29, 0.717) is 16.4 Å². The third-order valence-electron chi connectivity index (χ3n) is 2.82. The third kappa shape index (κ3) is 3.32. The number of aryl methyl sites for hydroxylation is 2. The summed E-state index contributed by atoms with van der Waals surface area (Å²) in [7, 11) is -3.65. The fourth-order valence-electron chi connectivity index (χ4n) is 1.92. The molecule has 0 atom stereocenters. The number of hydrogen-bond donors (Lipinski definition) is 2. The maximum atomic E-state index is 12.3. The Balaban J connectivity index is 2.26. The van der Waals surface area contributed by atoms with Crippen molar-refractivity contribution in [2.24, 2.45) is 0 Å². The average molecular weight is 314 g/mol. The Morgan fingerprint density at radius 3 is 2.75 bits per heavy atom. The summed E-state index contributed by atoms with van der Waals surface area (Å²) in [6.07, 6.45) is 1.79. The Kier molecular flexibility index (Phi) is 4.35. The van der Waals surface area contributed by atoms with Gasteiger partial charge in [-0.1, -0.05) is 24.9 Å². The zero-order valence-corrected chi connectivity index (χ0v) is 12.8. The monoisotopic (exact) mass is 313 g/mol. The molecule has 1 heterocycles. The first kappa shape index (κ1) is 14.9. The second-order valence-corrected chi connectivity index (χ2v) is 6.63. The Labute approximate surface area is 123 Å². The molecule has 2 N–H and O–H groups in total. The number of nitrogens with one attached hydrogen (secondary N) is 2. The van der Waals surface area contributed by atoms with Crippen LogP contribution < -0.4 is 4.72 Å². The Bertz CT molecular complexity index is 710. The molecule has 0 aliphatic heterocycles. The molecular weight excluding hydrogens is 298 g/mol. The molecule has 1 aromatic heterocycles. The van der Waals surface area contributed by atoms with E-state index in [1.165, 1.54) is 6.07 Å². The van der Waals surface area contributed by atoms with Gasteiger partial charge in [0.1, 0.15) is 0 Å². The van der Waals surface area contributed by atoms with Gasteiger partial charge < -0.3 is 0 Å². The quantitative estimate of drug-likeness (QED) is 0.890. The molecule has 7 heteroatoms. The zero-order chi connectivity index (χ0) is 14.8. The first-order chi connectivity index (χ1) is 9.42. The van der Waals surface area contributed by atoms with Crippen molar-refractivity contribution in [3.8, 4) is 0 Å². The highest BCUT2D eigenvalue weighted by molar-refractivity contribution is 7.92. The van der Waals surface area contributed by atoms with Crippen molar-refractivity contribution >= 4 is 27.4 Å². The minimum Gasteiger partial charge on any atom is -0.280 e. The van der Waals surface area contributed by atoms with Crippen LogP contribution in [0.5, 0.6) is 0 Å². The topological polar surface area (TPSA) is 74.8 Å². The number of anilines is 1. The molecule has 0 fully saturated rings. The number of hydrogen-bond acceptors (Lipinski definition) is 3. The van der Waals surface area contributed by atoms with Gasteiger partial charge in [0.2, 0.25) is 0 Å². The number of benzene rings is 1.